The number of carboxylic acids is 2. The number of aliphatic carboxylic acids is 2. The molecule has 0 saturated heterocycles. The molecular weight excluding hydrogens is 394 g/mol. The molecule has 0 saturated carbocycles. The molecule has 0 radical (unpaired) electrons. The summed E-state index contributed by atoms with van der Waals surface area (Å²) in [5.74, 6) is -1.40. The molecular formula is C22H26ClNO5. The van der Waals surface area contributed by atoms with Gasteiger partial charge in [0.15, 0.2) is 0 Å². The average Bonchev–Trinajstić information content (AvgIpc) is 2.66. The molecule has 0 fully saturated rings. The first-order chi connectivity index (χ1) is 13.7. The molecule has 2 unspecified atom stereocenters. The highest BCUT2D eigenvalue weighted by Crippen LogP contribution is 2.18. The number of carbonyl (C=O) groups is 2. The smallest absolute Gasteiger partial charge is 0.321 e. The van der Waals surface area contributed by atoms with Crippen LogP contribution in [-0.4, -0.2) is 34.2 Å². The van der Waals surface area contributed by atoms with Gasteiger partial charge in [-0.15, -0.1) is 0 Å². The van der Waals surface area contributed by atoms with Crippen molar-refractivity contribution in [3.63, 3.8) is 0 Å². The molecule has 0 bridgehead atoms. The zero-order chi connectivity index (χ0) is 21.4. The Balaban J connectivity index is 2.04. The summed E-state index contributed by atoms with van der Waals surface area (Å²) in [4.78, 5) is 23.1. The fraction of sp³-hybridized carbons (Fsp3) is 0.364. The Bertz CT molecular complexity index is 822. The van der Waals surface area contributed by atoms with Crippen LogP contribution in [0.15, 0.2) is 48.5 Å². The minimum Gasteiger partial charge on any atom is -0.489 e. The van der Waals surface area contributed by atoms with Crippen LogP contribution in [0.4, 0.5) is 0 Å². The molecule has 0 aliphatic carbocycles. The first-order valence-corrected chi connectivity index (χ1v) is 9.80. The molecule has 0 aromatic heterocycles. The van der Waals surface area contributed by atoms with Crippen molar-refractivity contribution in [2.45, 2.75) is 45.4 Å². The van der Waals surface area contributed by atoms with E-state index in [2.05, 4.69) is 5.32 Å². The molecule has 2 rings (SSSR count). The number of carboxylic acid groups (broad SMARTS) is 2. The van der Waals surface area contributed by atoms with Crippen LogP contribution >= 0.6 is 11.6 Å². The average molecular weight is 420 g/mol. The van der Waals surface area contributed by atoms with Crippen LogP contribution in [0.3, 0.4) is 0 Å². The third kappa shape index (κ3) is 7.75. The predicted octanol–water partition coefficient (Wildman–Crippen LogP) is 4.00. The van der Waals surface area contributed by atoms with Crippen LogP contribution in [0.1, 0.15) is 31.4 Å². The lowest BCUT2D eigenvalue weighted by Gasteiger charge is -2.22. The van der Waals surface area contributed by atoms with E-state index in [1.165, 1.54) is 0 Å². The number of benzene rings is 2. The molecule has 3 N–H and O–H groups in total. The Morgan fingerprint density at radius 3 is 2.24 bits per heavy atom. The minimum absolute atomic E-state index is 0.127. The number of ether oxygens (including phenoxy) is 1. The normalized spacial score (nSPS) is 13.1. The van der Waals surface area contributed by atoms with Crippen LogP contribution in [0.25, 0.3) is 0 Å². The lowest BCUT2D eigenvalue weighted by Crippen LogP contribution is -2.48. The van der Waals surface area contributed by atoms with Crippen molar-refractivity contribution in [3.05, 3.63) is 64.7 Å². The fourth-order valence-corrected chi connectivity index (χ4v) is 3.04. The highest BCUT2D eigenvalue weighted by molar-refractivity contribution is 6.30. The summed E-state index contributed by atoms with van der Waals surface area (Å²) >= 11 is 5.88. The van der Waals surface area contributed by atoms with Gasteiger partial charge in [0.05, 0.1) is 0 Å². The Kier molecular flexibility index (Phi) is 8.49. The van der Waals surface area contributed by atoms with Gasteiger partial charge in [-0.3, -0.25) is 14.9 Å². The Morgan fingerprint density at radius 2 is 1.66 bits per heavy atom. The molecule has 2 aromatic rings. The van der Waals surface area contributed by atoms with Crippen LogP contribution < -0.4 is 10.1 Å². The number of rotatable bonds is 11. The van der Waals surface area contributed by atoms with Crippen molar-refractivity contribution in [2.24, 2.45) is 5.92 Å². The molecule has 0 aliphatic heterocycles. The maximum Gasteiger partial charge on any atom is 0.321 e. The van der Waals surface area contributed by atoms with Crippen molar-refractivity contribution in [2.75, 3.05) is 0 Å². The summed E-state index contributed by atoms with van der Waals surface area (Å²) in [5, 5.41) is 22.3. The summed E-state index contributed by atoms with van der Waals surface area (Å²) < 4.78 is 5.78. The summed E-state index contributed by atoms with van der Waals surface area (Å²) in [6.07, 6.45) is 0.499. The Hall–Kier alpha value is -2.57. The fourth-order valence-electron chi connectivity index (χ4n) is 2.92. The van der Waals surface area contributed by atoms with Gasteiger partial charge in [-0.25, -0.2) is 0 Å². The lowest BCUT2D eigenvalue weighted by molar-refractivity contribution is -0.142. The van der Waals surface area contributed by atoms with Crippen LogP contribution in [-0.2, 0) is 22.6 Å². The summed E-state index contributed by atoms with van der Waals surface area (Å²) in [7, 11) is 0. The number of nitrogens with one attached hydrogen (secondary N) is 1. The first-order valence-electron chi connectivity index (χ1n) is 9.42. The zero-order valence-electron chi connectivity index (χ0n) is 16.5. The van der Waals surface area contributed by atoms with Crippen molar-refractivity contribution in [1.29, 1.82) is 0 Å². The van der Waals surface area contributed by atoms with E-state index in [1.54, 1.807) is 36.4 Å². The largest absolute Gasteiger partial charge is 0.489 e. The van der Waals surface area contributed by atoms with Crippen LogP contribution in [0, 0.1) is 5.92 Å². The van der Waals surface area contributed by atoms with Gasteiger partial charge in [-0.1, -0.05) is 49.7 Å². The highest BCUT2D eigenvalue weighted by Gasteiger charge is 2.26. The molecule has 6 nitrogen and oxygen atoms in total. The summed E-state index contributed by atoms with van der Waals surface area (Å²) in [6.45, 7) is 4.15. The Labute approximate surface area is 175 Å². The van der Waals surface area contributed by atoms with Gasteiger partial charge in [0, 0.05) is 5.02 Å². The zero-order valence-corrected chi connectivity index (χ0v) is 17.2. The van der Waals surface area contributed by atoms with Gasteiger partial charge in [-0.2, -0.15) is 0 Å². The molecule has 7 heteroatoms. The summed E-state index contributed by atoms with van der Waals surface area (Å²) in [6, 6.07) is 12.5. The van der Waals surface area contributed by atoms with Crippen molar-refractivity contribution < 1.29 is 24.5 Å². The third-order valence-corrected chi connectivity index (χ3v) is 4.61. The van der Waals surface area contributed by atoms with E-state index >= 15 is 0 Å². The van der Waals surface area contributed by atoms with E-state index in [9.17, 15) is 19.8 Å². The van der Waals surface area contributed by atoms with Gasteiger partial charge in [0.1, 0.15) is 24.4 Å². The molecule has 0 spiro atoms. The van der Waals surface area contributed by atoms with Gasteiger partial charge < -0.3 is 14.9 Å². The van der Waals surface area contributed by atoms with Crippen molar-refractivity contribution in [1.82, 2.24) is 5.32 Å². The van der Waals surface area contributed by atoms with E-state index in [-0.39, 0.29) is 12.3 Å². The van der Waals surface area contributed by atoms with Crippen molar-refractivity contribution in [3.8, 4) is 5.75 Å². The molecule has 0 amide bonds. The lowest BCUT2D eigenvalue weighted by atomic mass is 10.0. The molecule has 156 valence electrons. The van der Waals surface area contributed by atoms with E-state index < -0.39 is 24.0 Å². The molecule has 29 heavy (non-hydrogen) atoms. The second-order valence-corrected chi connectivity index (χ2v) is 7.78. The van der Waals surface area contributed by atoms with E-state index in [1.807, 2.05) is 26.0 Å². The van der Waals surface area contributed by atoms with Crippen LogP contribution in [0.5, 0.6) is 5.75 Å². The van der Waals surface area contributed by atoms with E-state index in [0.29, 0.717) is 23.8 Å². The van der Waals surface area contributed by atoms with E-state index in [4.69, 9.17) is 16.3 Å². The van der Waals surface area contributed by atoms with Gasteiger partial charge in [0.2, 0.25) is 0 Å². The SMILES string of the molecule is CC(C)CC(NC(Cc1cccc(OCc2ccc(Cl)cc2)c1)C(=O)O)C(=O)O. The quantitative estimate of drug-likeness (QED) is 0.509. The highest BCUT2D eigenvalue weighted by atomic mass is 35.5. The van der Waals surface area contributed by atoms with E-state index in [0.717, 1.165) is 11.1 Å². The maximum absolute atomic E-state index is 11.7. The van der Waals surface area contributed by atoms with Crippen LogP contribution in [0.2, 0.25) is 5.02 Å². The number of halogens is 1. The van der Waals surface area contributed by atoms with Gasteiger partial charge in [0.25, 0.3) is 0 Å². The van der Waals surface area contributed by atoms with Gasteiger partial charge in [-0.05, 0) is 54.2 Å². The number of hydrogen-bond acceptors (Lipinski definition) is 4. The second-order valence-electron chi connectivity index (χ2n) is 7.34. The number of hydrogen-bond donors (Lipinski definition) is 3. The maximum atomic E-state index is 11.7. The minimum atomic E-state index is -1.09. The molecule has 2 atom stereocenters. The Morgan fingerprint density at radius 1 is 1.00 bits per heavy atom. The summed E-state index contributed by atoms with van der Waals surface area (Å²) in [5.41, 5.74) is 1.70. The van der Waals surface area contributed by atoms with Gasteiger partial charge >= 0.3 is 11.9 Å². The topological polar surface area (TPSA) is 95.9 Å². The second kappa shape index (κ2) is 10.8. The standard InChI is InChI=1S/C22H26ClNO5/c1-14(2)10-19(21(25)26)24-20(22(27)28)12-16-4-3-5-18(11-16)29-13-15-6-8-17(23)9-7-15/h3-9,11,14,19-20,24H,10,12-13H2,1-2H3,(H,25,26)(H,27,28). The molecule has 0 aliphatic rings. The molecule has 0 heterocycles. The first kappa shape index (κ1) is 22.7. The monoisotopic (exact) mass is 419 g/mol. The van der Waals surface area contributed by atoms with Crippen molar-refractivity contribution >= 4 is 23.5 Å². The third-order valence-electron chi connectivity index (χ3n) is 4.36. The predicted molar refractivity (Wildman–Crippen MR) is 111 cm³/mol. The molecule has 2 aromatic carbocycles.